The third kappa shape index (κ3) is 23.3. The van der Waals surface area contributed by atoms with Gasteiger partial charge >= 0.3 is 0 Å². The first-order valence-electron chi connectivity index (χ1n) is 16.3. The molecule has 0 aliphatic carbocycles. The van der Waals surface area contributed by atoms with Gasteiger partial charge in [-0.2, -0.15) is 0 Å². The maximum atomic E-state index is 12.5. The van der Waals surface area contributed by atoms with Gasteiger partial charge in [0.25, 0.3) is 10.0 Å². The maximum absolute atomic E-state index is 12.5. The molecule has 0 fully saturated rings. The van der Waals surface area contributed by atoms with Crippen LogP contribution in [0.15, 0.2) is 96.3 Å². The molecule has 1 N–H and O–H groups in total. The van der Waals surface area contributed by atoms with E-state index in [2.05, 4.69) is 58.4 Å². The number of benzene rings is 1. The molecule has 1 aliphatic heterocycles. The molecule has 264 valence electrons. The van der Waals surface area contributed by atoms with E-state index in [1.165, 1.54) is 30.9 Å². The van der Waals surface area contributed by atoms with Gasteiger partial charge in [-0.3, -0.25) is 0 Å². The molecule has 0 amide bonds. The number of rotatable bonds is 9. The van der Waals surface area contributed by atoms with Crippen molar-refractivity contribution in [3.05, 3.63) is 103 Å². The second kappa shape index (κ2) is 29.4. The second-order valence-electron chi connectivity index (χ2n) is 10.9. The summed E-state index contributed by atoms with van der Waals surface area (Å²) in [7, 11) is -3.65. The molecule has 0 aromatic heterocycles. The summed E-state index contributed by atoms with van der Waals surface area (Å²) in [5.41, 5.74) is 3.47. The number of sulfonamides is 1. The number of halogens is 1. The van der Waals surface area contributed by atoms with Crippen LogP contribution in [0.2, 0.25) is 0 Å². The summed E-state index contributed by atoms with van der Waals surface area (Å²) in [4.78, 5) is 0. The number of aliphatic hydroxyl groups excluding tert-OH is 1. The Morgan fingerprint density at radius 2 is 1.50 bits per heavy atom. The second-order valence-corrected chi connectivity index (χ2v) is 12.5. The van der Waals surface area contributed by atoms with Gasteiger partial charge in [0.2, 0.25) is 0 Å². The first-order valence-corrected chi connectivity index (χ1v) is 17.8. The van der Waals surface area contributed by atoms with Gasteiger partial charge < -0.3 is 9.84 Å². The first-order chi connectivity index (χ1) is 21.5. The quantitative estimate of drug-likeness (QED) is 0.211. The van der Waals surface area contributed by atoms with Crippen molar-refractivity contribution in [3.63, 3.8) is 0 Å². The van der Waals surface area contributed by atoms with Crippen LogP contribution in [-0.4, -0.2) is 31.6 Å². The Morgan fingerprint density at radius 1 is 1.04 bits per heavy atom. The number of allylic oxidation sites excluding steroid dienone is 8. The number of ether oxygens (including phenoxy) is 1. The molecule has 1 unspecified atom stereocenters. The number of hydrogen-bond acceptors (Lipinski definition) is 4. The van der Waals surface area contributed by atoms with Gasteiger partial charge in [0.15, 0.2) is 5.90 Å². The lowest BCUT2D eigenvalue weighted by Crippen LogP contribution is -2.42. The monoisotopic (exact) mass is 663 g/mol. The zero-order valence-electron chi connectivity index (χ0n) is 31.2. The summed E-state index contributed by atoms with van der Waals surface area (Å²) in [6.45, 7) is 37.6. The van der Waals surface area contributed by atoms with Crippen molar-refractivity contribution in [3.8, 4) is 0 Å². The molecule has 0 saturated carbocycles. The fraction of sp³-hybridized carbons (Fsp3) is 0.513. The van der Waals surface area contributed by atoms with Crippen LogP contribution in [-0.2, 0) is 14.8 Å². The van der Waals surface area contributed by atoms with E-state index in [4.69, 9.17) is 9.84 Å². The average Bonchev–Trinajstić information content (AvgIpc) is 2.97. The van der Waals surface area contributed by atoms with Crippen LogP contribution >= 0.6 is 0 Å². The van der Waals surface area contributed by atoms with Gasteiger partial charge in [-0.1, -0.05) is 135 Å². The van der Waals surface area contributed by atoms with E-state index < -0.39 is 26.7 Å². The maximum Gasteiger partial charge on any atom is 0.267 e. The predicted molar refractivity (Wildman–Crippen MR) is 203 cm³/mol. The summed E-state index contributed by atoms with van der Waals surface area (Å²) in [6, 6.07) is 7.41. The fourth-order valence-corrected chi connectivity index (χ4v) is 5.36. The van der Waals surface area contributed by atoms with Gasteiger partial charge in [0, 0.05) is 13.5 Å². The van der Waals surface area contributed by atoms with Crippen molar-refractivity contribution in [2.75, 3.05) is 6.61 Å². The van der Waals surface area contributed by atoms with Crippen molar-refractivity contribution < 1.29 is 22.7 Å². The summed E-state index contributed by atoms with van der Waals surface area (Å²) < 4.78 is 46.7. The highest BCUT2D eigenvalue weighted by atomic mass is 32.2. The number of unbranched alkanes of at least 4 members (excludes halogenated alkanes) is 1. The molecule has 0 saturated heterocycles. The highest BCUT2D eigenvalue weighted by molar-refractivity contribution is 7.90. The van der Waals surface area contributed by atoms with Gasteiger partial charge in [-0.25, -0.2) is 12.8 Å². The average molecular weight is 664 g/mol. The Kier molecular flexibility index (Phi) is 31.8. The van der Waals surface area contributed by atoms with Gasteiger partial charge in [0.1, 0.15) is 16.7 Å². The van der Waals surface area contributed by atoms with Crippen LogP contribution < -0.4 is 0 Å². The van der Waals surface area contributed by atoms with Crippen LogP contribution in [0.4, 0.5) is 4.39 Å². The van der Waals surface area contributed by atoms with Crippen molar-refractivity contribution >= 4 is 21.5 Å². The molecule has 7 heteroatoms. The molecule has 2 rings (SSSR count). The molecule has 0 spiro atoms. The SMILES string of the molecule is C=C(C)C.C=C/C(=C\C)c1ccc(C2C(C)(C)OC(C)=NS2(=O)=O)cc1.C=C/C=C(/CCCO)C(=C)F.CC.CCC.CCCC. The summed E-state index contributed by atoms with van der Waals surface area (Å²) in [5, 5.41) is 7.64. The molecule has 46 heavy (non-hydrogen) atoms. The van der Waals surface area contributed by atoms with Crippen molar-refractivity contribution in [1.29, 1.82) is 0 Å². The minimum Gasteiger partial charge on any atom is -0.473 e. The predicted octanol–water partition coefficient (Wildman–Crippen LogP) is 12.1. The zero-order valence-corrected chi connectivity index (χ0v) is 32.0. The number of nitrogens with zero attached hydrogens (tertiary/aromatic N) is 1. The topological polar surface area (TPSA) is 76.0 Å². The van der Waals surface area contributed by atoms with Crippen LogP contribution in [0.3, 0.4) is 0 Å². The van der Waals surface area contributed by atoms with E-state index in [1.807, 2.05) is 65.0 Å². The molecule has 1 aromatic rings. The third-order valence-corrected chi connectivity index (χ3v) is 7.39. The summed E-state index contributed by atoms with van der Waals surface area (Å²) in [6.07, 6.45) is 11.8. The van der Waals surface area contributed by atoms with E-state index in [0.29, 0.717) is 24.0 Å². The Balaban J connectivity index is -0.000000306. The molecule has 1 atom stereocenters. The fourth-order valence-electron chi connectivity index (χ4n) is 3.59. The summed E-state index contributed by atoms with van der Waals surface area (Å²) in [5.74, 6) is -0.265. The Labute approximate surface area is 283 Å². The van der Waals surface area contributed by atoms with Crippen LogP contribution in [0.25, 0.3) is 5.57 Å². The van der Waals surface area contributed by atoms with Crippen molar-refractivity contribution in [1.82, 2.24) is 0 Å². The van der Waals surface area contributed by atoms with Gasteiger partial charge in [0.05, 0.1) is 0 Å². The standard InChI is InChI=1S/C17H21NO3S.C9H13FO.C4H8.C4H10.C3H8.C2H6/c1-6-13(7-2)14-8-10-15(11-9-14)16-17(4,5)21-12(3)18-22(16,19)20;1-3-5-9(8(2)10)6-4-7-11;1-4(2)3;1-3-4-2;1-3-2;1-2/h6-11,16H,1H2,2-5H3;3,5,11H,1-2,4,6-7H2;1H2,2-3H3;3-4H2,1-2H3;3H2,1-2H3;1-2H3/b13-7+;9-5-;;;;. The van der Waals surface area contributed by atoms with Crippen molar-refractivity contribution in [2.45, 2.75) is 126 Å². The molecule has 1 aromatic carbocycles. The molecule has 0 radical (unpaired) electrons. The van der Waals surface area contributed by atoms with Crippen LogP contribution in [0, 0.1) is 0 Å². The van der Waals surface area contributed by atoms with E-state index >= 15 is 0 Å². The van der Waals surface area contributed by atoms with Gasteiger partial charge in [-0.15, -0.1) is 11.0 Å². The number of aliphatic hydroxyl groups is 1. The van der Waals surface area contributed by atoms with Crippen LogP contribution in [0.5, 0.6) is 0 Å². The Hall–Kier alpha value is -3.03. The summed E-state index contributed by atoms with van der Waals surface area (Å²) >= 11 is 0. The van der Waals surface area contributed by atoms with Crippen molar-refractivity contribution in [2.24, 2.45) is 4.40 Å². The van der Waals surface area contributed by atoms with Crippen LogP contribution in [0.1, 0.15) is 132 Å². The molecule has 1 heterocycles. The third-order valence-electron chi connectivity index (χ3n) is 5.45. The van der Waals surface area contributed by atoms with E-state index in [0.717, 1.165) is 11.1 Å². The number of hydrogen-bond donors (Lipinski definition) is 1. The van der Waals surface area contributed by atoms with E-state index in [-0.39, 0.29) is 12.5 Å². The molecule has 1 aliphatic rings. The Bertz CT molecular complexity index is 1180. The molecule has 0 bridgehead atoms. The molecular weight excluding hydrogens is 597 g/mol. The Morgan fingerprint density at radius 3 is 1.80 bits per heavy atom. The van der Waals surface area contributed by atoms with Gasteiger partial charge in [-0.05, 0) is 69.7 Å². The molecular formula is C39H66FNO4S. The lowest BCUT2D eigenvalue weighted by Gasteiger charge is -2.36. The highest BCUT2D eigenvalue weighted by Crippen LogP contribution is 2.40. The van der Waals surface area contributed by atoms with E-state index in [1.54, 1.807) is 32.9 Å². The normalized spacial score (nSPS) is 15.6. The molecule has 5 nitrogen and oxygen atoms in total. The largest absolute Gasteiger partial charge is 0.473 e. The first kappa shape index (κ1) is 49.8. The van der Waals surface area contributed by atoms with E-state index in [9.17, 15) is 12.8 Å². The highest BCUT2D eigenvalue weighted by Gasteiger charge is 2.46. The minimum absolute atomic E-state index is 0.0712. The smallest absolute Gasteiger partial charge is 0.267 e. The minimum atomic E-state index is -3.65. The zero-order chi connectivity index (χ0) is 36.9. The lowest BCUT2D eigenvalue weighted by atomic mass is 9.95. The lowest BCUT2D eigenvalue weighted by molar-refractivity contribution is 0.0839.